The SMILES string of the molecule is COc1ccc(-n2c(C)cc(/C=C(\C#N)C(=O)N3CCC(NC(=O)c4ccccc4)CC3)c2C)cc1. The molecular weight excluding hydrogens is 452 g/mol. The number of nitrogens with one attached hydrogen (secondary N) is 1. The van der Waals surface area contributed by atoms with Gasteiger partial charge in [0, 0.05) is 41.8 Å². The maximum Gasteiger partial charge on any atom is 0.264 e. The van der Waals surface area contributed by atoms with Gasteiger partial charge in [-0.25, -0.2) is 0 Å². The second-order valence-electron chi connectivity index (χ2n) is 8.94. The van der Waals surface area contributed by atoms with Gasteiger partial charge < -0.3 is 19.5 Å². The molecule has 0 unspecified atom stereocenters. The van der Waals surface area contributed by atoms with Crippen molar-refractivity contribution in [3.05, 3.63) is 88.8 Å². The Morgan fingerprint density at radius 1 is 1.06 bits per heavy atom. The number of nitrogens with zero attached hydrogens (tertiary/aromatic N) is 3. The second-order valence-corrected chi connectivity index (χ2v) is 8.94. The quantitative estimate of drug-likeness (QED) is 0.416. The second kappa shape index (κ2) is 11.0. The molecule has 3 aromatic rings. The van der Waals surface area contributed by atoms with Gasteiger partial charge in [-0.05, 0) is 80.8 Å². The number of nitriles is 1. The van der Waals surface area contributed by atoms with Crippen molar-refractivity contribution >= 4 is 17.9 Å². The van der Waals surface area contributed by atoms with Crippen LogP contribution < -0.4 is 10.1 Å². The van der Waals surface area contributed by atoms with Gasteiger partial charge in [-0.15, -0.1) is 0 Å². The molecule has 36 heavy (non-hydrogen) atoms. The van der Waals surface area contributed by atoms with E-state index in [0.29, 0.717) is 31.5 Å². The zero-order valence-electron chi connectivity index (χ0n) is 20.8. The number of hydrogen-bond acceptors (Lipinski definition) is 4. The average Bonchev–Trinajstić information content (AvgIpc) is 3.20. The Balaban J connectivity index is 1.44. The van der Waals surface area contributed by atoms with Crippen molar-refractivity contribution in [1.29, 1.82) is 5.26 Å². The number of benzene rings is 2. The monoisotopic (exact) mass is 482 g/mol. The van der Waals surface area contributed by atoms with Gasteiger partial charge in [0.1, 0.15) is 17.4 Å². The first-order chi connectivity index (χ1) is 17.4. The number of aryl methyl sites for hydroxylation is 1. The van der Waals surface area contributed by atoms with Gasteiger partial charge in [-0.3, -0.25) is 9.59 Å². The molecule has 7 heteroatoms. The fourth-order valence-corrected chi connectivity index (χ4v) is 4.62. The zero-order valence-corrected chi connectivity index (χ0v) is 20.8. The minimum absolute atomic E-state index is 0.000283. The third-order valence-corrected chi connectivity index (χ3v) is 6.60. The van der Waals surface area contributed by atoms with E-state index in [2.05, 4.69) is 16.0 Å². The summed E-state index contributed by atoms with van der Waals surface area (Å²) in [6.07, 6.45) is 2.97. The topological polar surface area (TPSA) is 87.4 Å². The lowest BCUT2D eigenvalue weighted by Crippen LogP contribution is -2.46. The Kier molecular flexibility index (Phi) is 7.55. The van der Waals surface area contributed by atoms with E-state index in [1.54, 1.807) is 30.2 Å². The van der Waals surface area contributed by atoms with Crippen LogP contribution in [0.15, 0.2) is 66.2 Å². The molecule has 1 aliphatic heterocycles. The minimum Gasteiger partial charge on any atom is -0.497 e. The lowest BCUT2D eigenvalue weighted by atomic mass is 10.0. The normalized spacial score (nSPS) is 14.3. The number of methoxy groups -OCH3 is 1. The van der Waals surface area contributed by atoms with E-state index >= 15 is 0 Å². The third-order valence-electron chi connectivity index (χ3n) is 6.60. The summed E-state index contributed by atoms with van der Waals surface area (Å²) in [6.45, 7) is 4.95. The van der Waals surface area contributed by atoms with Crippen LogP contribution in [-0.2, 0) is 4.79 Å². The minimum atomic E-state index is -0.278. The molecule has 1 fully saturated rings. The van der Waals surface area contributed by atoms with E-state index in [1.807, 2.05) is 62.4 Å². The summed E-state index contributed by atoms with van der Waals surface area (Å²) in [4.78, 5) is 27.3. The summed E-state index contributed by atoms with van der Waals surface area (Å²) in [6, 6.07) is 20.9. The van der Waals surface area contributed by atoms with Crippen molar-refractivity contribution in [2.75, 3.05) is 20.2 Å². The summed E-state index contributed by atoms with van der Waals surface area (Å²) >= 11 is 0. The Labute approximate surface area is 211 Å². The van der Waals surface area contributed by atoms with Gasteiger partial charge in [0.15, 0.2) is 0 Å². The van der Waals surface area contributed by atoms with Crippen LogP contribution in [0.25, 0.3) is 11.8 Å². The van der Waals surface area contributed by atoms with E-state index in [9.17, 15) is 14.9 Å². The molecule has 1 aromatic heterocycles. The van der Waals surface area contributed by atoms with E-state index in [1.165, 1.54) is 0 Å². The van der Waals surface area contributed by atoms with Crippen LogP contribution in [0.2, 0.25) is 0 Å². The van der Waals surface area contributed by atoms with Crippen molar-refractivity contribution in [3.63, 3.8) is 0 Å². The zero-order chi connectivity index (χ0) is 25.7. The molecule has 0 spiro atoms. The molecule has 2 heterocycles. The molecule has 0 atom stereocenters. The molecule has 7 nitrogen and oxygen atoms in total. The van der Waals surface area contributed by atoms with E-state index in [-0.39, 0.29) is 23.4 Å². The van der Waals surface area contributed by atoms with Gasteiger partial charge in [0.05, 0.1) is 7.11 Å². The molecule has 184 valence electrons. The highest BCUT2D eigenvalue weighted by Crippen LogP contribution is 2.25. The highest BCUT2D eigenvalue weighted by atomic mass is 16.5. The van der Waals surface area contributed by atoms with Crippen LogP contribution in [0.4, 0.5) is 0 Å². The molecule has 4 rings (SSSR count). The first-order valence-corrected chi connectivity index (χ1v) is 12.0. The fraction of sp³-hybridized carbons (Fsp3) is 0.276. The van der Waals surface area contributed by atoms with Gasteiger partial charge >= 0.3 is 0 Å². The Hall–Kier alpha value is -4.31. The standard InChI is InChI=1S/C29H30N4O3/c1-20-17-23(21(2)33(20)26-9-11-27(36-3)12-10-26)18-24(19-30)29(35)32-15-13-25(14-16-32)31-28(34)22-7-5-4-6-8-22/h4-12,17-18,25H,13-16H2,1-3H3,(H,31,34)/b24-18+. The number of piperidine rings is 1. The van der Waals surface area contributed by atoms with Crippen LogP contribution in [0.5, 0.6) is 5.75 Å². The largest absolute Gasteiger partial charge is 0.497 e. The van der Waals surface area contributed by atoms with Crippen LogP contribution in [0.1, 0.15) is 40.2 Å². The predicted octanol–water partition coefficient (Wildman–Crippen LogP) is 4.43. The first-order valence-electron chi connectivity index (χ1n) is 12.0. The summed E-state index contributed by atoms with van der Waals surface area (Å²) in [5.74, 6) is 0.395. The molecule has 1 aliphatic rings. The highest BCUT2D eigenvalue weighted by Gasteiger charge is 2.26. The molecule has 2 amide bonds. The number of carbonyl (C=O) groups is 2. The van der Waals surface area contributed by atoms with E-state index in [0.717, 1.165) is 28.4 Å². The van der Waals surface area contributed by atoms with E-state index < -0.39 is 0 Å². The molecule has 0 bridgehead atoms. The maximum atomic E-state index is 13.2. The van der Waals surface area contributed by atoms with Crippen molar-refractivity contribution < 1.29 is 14.3 Å². The molecule has 2 aromatic carbocycles. The lowest BCUT2D eigenvalue weighted by Gasteiger charge is -2.32. The van der Waals surface area contributed by atoms with Gasteiger partial charge in [0.25, 0.3) is 11.8 Å². The van der Waals surface area contributed by atoms with E-state index in [4.69, 9.17) is 4.74 Å². The van der Waals surface area contributed by atoms with Crippen LogP contribution in [0, 0.1) is 25.2 Å². The maximum absolute atomic E-state index is 13.2. The number of hydrogen-bond donors (Lipinski definition) is 1. The Bertz CT molecular complexity index is 1310. The van der Waals surface area contributed by atoms with Gasteiger partial charge in [0.2, 0.25) is 0 Å². The Morgan fingerprint density at radius 2 is 1.72 bits per heavy atom. The fourth-order valence-electron chi connectivity index (χ4n) is 4.62. The number of carbonyl (C=O) groups excluding carboxylic acids is 2. The van der Waals surface area contributed by atoms with Gasteiger partial charge in [-0.1, -0.05) is 18.2 Å². The van der Waals surface area contributed by atoms with Crippen LogP contribution in [0.3, 0.4) is 0 Å². The number of ether oxygens (including phenoxy) is 1. The third kappa shape index (κ3) is 5.33. The van der Waals surface area contributed by atoms with Crippen LogP contribution >= 0.6 is 0 Å². The lowest BCUT2D eigenvalue weighted by molar-refractivity contribution is -0.127. The van der Waals surface area contributed by atoms with Gasteiger partial charge in [-0.2, -0.15) is 5.26 Å². The summed E-state index contributed by atoms with van der Waals surface area (Å²) in [5.41, 5.74) is 4.49. The van der Waals surface area contributed by atoms with Crippen molar-refractivity contribution in [2.24, 2.45) is 0 Å². The smallest absolute Gasteiger partial charge is 0.264 e. The molecule has 1 saturated heterocycles. The number of likely N-dealkylation sites (tertiary alicyclic amines) is 1. The number of aromatic nitrogens is 1. The summed E-state index contributed by atoms with van der Waals surface area (Å²) < 4.78 is 7.34. The average molecular weight is 483 g/mol. The Morgan fingerprint density at radius 3 is 2.33 bits per heavy atom. The predicted molar refractivity (Wildman–Crippen MR) is 139 cm³/mol. The summed E-state index contributed by atoms with van der Waals surface area (Å²) in [5, 5.41) is 12.8. The van der Waals surface area contributed by atoms with Crippen molar-refractivity contribution in [2.45, 2.75) is 32.7 Å². The van der Waals surface area contributed by atoms with Crippen molar-refractivity contribution in [3.8, 4) is 17.5 Å². The summed E-state index contributed by atoms with van der Waals surface area (Å²) in [7, 11) is 1.63. The molecule has 0 aliphatic carbocycles. The molecule has 0 saturated carbocycles. The van der Waals surface area contributed by atoms with Crippen LogP contribution in [-0.4, -0.2) is 47.5 Å². The highest BCUT2D eigenvalue weighted by molar-refractivity contribution is 6.02. The molecular formula is C29H30N4O3. The number of rotatable bonds is 6. The molecule has 0 radical (unpaired) electrons. The number of amides is 2. The first kappa shape index (κ1) is 24.8. The molecule has 1 N–H and O–H groups in total. The van der Waals surface area contributed by atoms with Crippen molar-refractivity contribution in [1.82, 2.24) is 14.8 Å².